The Kier molecular flexibility index (Phi) is 6.17. The molecule has 1 aliphatic rings. The Morgan fingerprint density at radius 3 is 2.44 bits per heavy atom. The summed E-state index contributed by atoms with van der Waals surface area (Å²) in [5.74, 6) is -0.620. The van der Waals surface area contributed by atoms with Crippen molar-refractivity contribution in [1.82, 2.24) is 9.80 Å². The average molecular weight is 366 g/mol. The third kappa shape index (κ3) is 4.91. The van der Waals surface area contributed by atoms with Gasteiger partial charge in [0.25, 0.3) is 0 Å². The zero-order valence-corrected chi connectivity index (χ0v) is 15.4. The van der Waals surface area contributed by atoms with E-state index in [1.165, 1.54) is 11.6 Å². The highest BCUT2D eigenvalue weighted by atomic mass is 19.1. The summed E-state index contributed by atoms with van der Waals surface area (Å²) in [5.41, 5.74) is 2.06. The molecule has 2 aromatic rings. The fourth-order valence-electron chi connectivity index (χ4n) is 3.22. The number of nitrogens with one attached hydrogen (secondary N) is 1. The average Bonchev–Trinajstić information content (AvgIpc) is 2.70. The molecule has 1 N–H and O–H groups in total. The number of para-hydroxylation sites is 1. The summed E-state index contributed by atoms with van der Waals surface area (Å²) in [4.78, 5) is 16.9. The number of nitriles is 1. The minimum atomic E-state index is -0.426. The zero-order chi connectivity index (χ0) is 19.2. The van der Waals surface area contributed by atoms with Gasteiger partial charge in [-0.15, -0.1) is 0 Å². The van der Waals surface area contributed by atoms with Gasteiger partial charge in [-0.2, -0.15) is 5.26 Å². The summed E-state index contributed by atoms with van der Waals surface area (Å²) >= 11 is 0. The maximum absolute atomic E-state index is 13.7. The van der Waals surface area contributed by atoms with Crippen LogP contribution < -0.4 is 5.32 Å². The van der Waals surface area contributed by atoms with Gasteiger partial charge in [-0.3, -0.25) is 14.6 Å². The maximum Gasteiger partial charge on any atom is 0.241 e. The van der Waals surface area contributed by atoms with Crippen LogP contribution in [0.15, 0.2) is 48.5 Å². The second-order valence-electron chi connectivity index (χ2n) is 6.77. The van der Waals surface area contributed by atoms with Crippen LogP contribution in [0, 0.1) is 17.1 Å². The maximum atomic E-state index is 13.7. The van der Waals surface area contributed by atoms with Crippen LogP contribution in [0.5, 0.6) is 0 Å². The van der Waals surface area contributed by atoms with Crippen LogP contribution in [-0.4, -0.2) is 47.9 Å². The van der Waals surface area contributed by atoms with Gasteiger partial charge >= 0.3 is 0 Å². The molecule has 5 nitrogen and oxygen atoms in total. The number of anilines is 1. The van der Waals surface area contributed by atoms with Gasteiger partial charge < -0.3 is 5.32 Å². The number of nitrogens with zero attached hydrogens (tertiary/aromatic N) is 3. The molecule has 6 heteroatoms. The number of halogens is 1. The van der Waals surface area contributed by atoms with E-state index in [0.29, 0.717) is 5.56 Å². The van der Waals surface area contributed by atoms with E-state index < -0.39 is 5.82 Å². The van der Waals surface area contributed by atoms with E-state index in [4.69, 9.17) is 5.26 Å². The molecular formula is C21H23FN4O. The first-order chi connectivity index (χ1) is 13.1. The highest BCUT2D eigenvalue weighted by Crippen LogP contribution is 2.15. The summed E-state index contributed by atoms with van der Waals surface area (Å²) in [7, 11) is 0. The molecular weight excluding hydrogens is 343 g/mol. The number of hydrogen-bond acceptors (Lipinski definition) is 4. The van der Waals surface area contributed by atoms with Crippen LogP contribution in [-0.2, 0) is 11.3 Å². The van der Waals surface area contributed by atoms with Crippen LogP contribution >= 0.6 is 0 Å². The molecule has 1 aliphatic heterocycles. The molecule has 0 spiro atoms. The molecule has 1 fully saturated rings. The number of hydrogen-bond donors (Lipinski definition) is 1. The van der Waals surface area contributed by atoms with E-state index >= 15 is 0 Å². The second kappa shape index (κ2) is 8.76. The van der Waals surface area contributed by atoms with Crippen molar-refractivity contribution >= 4 is 11.6 Å². The summed E-state index contributed by atoms with van der Waals surface area (Å²) in [6, 6.07) is 15.6. The van der Waals surface area contributed by atoms with Gasteiger partial charge in [-0.25, -0.2) is 4.39 Å². The normalized spacial score (nSPS) is 16.5. The van der Waals surface area contributed by atoms with Crippen molar-refractivity contribution in [2.75, 3.05) is 31.5 Å². The molecule has 1 saturated heterocycles. The SMILES string of the molecule is C[C@@H](C(=O)Nc1ccccc1F)N1CCN(Cc2ccc(C#N)cc2)CC1. The van der Waals surface area contributed by atoms with E-state index in [0.717, 1.165) is 32.7 Å². The number of amides is 1. The van der Waals surface area contributed by atoms with E-state index in [2.05, 4.69) is 21.2 Å². The van der Waals surface area contributed by atoms with Crippen LogP contribution in [0.1, 0.15) is 18.1 Å². The molecule has 0 unspecified atom stereocenters. The summed E-state index contributed by atoms with van der Waals surface area (Å²) in [6.45, 7) is 5.96. The number of rotatable bonds is 5. The van der Waals surface area contributed by atoms with Crippen molar-refractivity contribution < 1.29 is 9.18 Å². The fourth-order valence-corrected chi connectivity index (χ4v) is 3.22. The Morgan fingerprint density at radius 1 is 1.15 bits per heavy atom. The highest BCUT2D eigenvalue weighted by Gasteiger charge is 2.26. The standard InChI is InChI=1S/C21H23FN4O/c1-16(21(27)24-20-5-3-2-4-19(20)22)26-12-10-25(11-13-26)15-18-8-6-17(14-23)7-9-18/h2-9,16H,10-13,15H2,1H3,(H,24,27)/t16-/m0/s1. The predicted octanol–water partition coefficient (Wildman–Crippen LogP) is 2.84. The molecule has 1 amide bonds. The summed E-state index contributed by atoms with van der Waals surface area (Å²) < 4.78 is 13.7. The number of carbonyl (C=O) groups is 1. The molecule has 0 saturated carbocycles. The minimum absolute atomic E-state index is 0.194. The van der Waals surface area contributed by atoms with Crippen molar-refractivity contribution in [1.29, 1.82) is 5.26 Å². The minimum Gasteiger partial charge on any atom is -0.322 e. The second-order valence-corrected chi connectivity index (χ2v) is 6.77. The molecule has 2 aromatic carbocycles. The van der Waals surface area contributed by atoms with Crippen molar-refractivity contribution in [2.24, 2.45) is 0 Å². The van der Waals surface area contributed by atoms with E-state index in [1.54, 1.807) is 18.2 Å². The van der Waals surface area contributed by atoms with Gasteiger partial charge in [-0.1, -0.05) is 24.3 Å². The third-order valence-corrected chi connectivity index (χ3v) is 4.95. The molecule has 0 aliphatic carbocycles. The van der Waals surface area contributed by atoms with Crippen LogP contribution in [0.4, 0.5) is 10.1 Å². The van der Waals surface area contributed by atoms with Crippen LogP contribution in [0.2, 0.25) is 0 Å². The number of piperazine rings is 1. The Morgan fingerprint density at radius 2 is 1.81 bits per heavy atom. The number of carbonyl (C=O) groups excluding carboxylic acids is 1. The van der Waals surface area contributed by atoms with E-state index in [-0.39, 0.29) is 17.6 Å². The summed E-state index contributed by atoms with van der Waals surface area (Å²) in [6.07, 6.45) is 0. The lowest BCUT2D eigenvalue weighted by Crippen LogP contribution is -2.52. The Bertz CT molecular complexity index is 823. The van der Waals surface area contributed by atoms with Crippen molar-refractivity contribution in [3.8, 4) is 6.07 Å². The Hall–Kier alpha value is -2.75. The Balaban J connectivity index is 1.49. The largest absolute Gasteiger partial charge is 0.322 e. The predicted molar refractivity (Wildman–Crippen MR) is 102 cm³/mol. The molecule has 0 radical (unpaired) electrons. The molecule has 3 rings (SSSR count). The molecule has 1 heterocycles. The van der Waals surface area contributed by atoms with Crippen molar-refractivity contribution in [3.05, 3.63) is 65.5 Å². The van der Waals surface area contributed by atoms with Gasteiger partial charge in [0, 0.05) is 32.7 Å². The van der Waals surface area contributed by atoms with E-state index in [9.17, 15) is 9.18 Å². The molecule has 0 aromatic heterocycles. The summed E-state index contributed by atoms with van der Waals surface area (Å²) in [5, 5.41) is 11.5. The monoisotopic (exact) mass is 366 g/mol. The van der Waals surface area contributed by atoms with Crippen LogP contribution in [0.3, 0.4) is 0 Å². The zero-order valence-electron chi connectivity index (χ0n) is 15.4. The fraction of sp³-hybridized carbons (Fsp3) is 0.333. The van der Waals surface area contributed by atoms with Gasteiger partial charge in [0.05, 0.1) is 23.4 Å². The van der Waals surface area contributed by atoms with E-state index in [1.807, 2.05) is 31.2 Å². The van der Waals surface area contributed by atoms with Crippen molar-refractivity contribution in [2.45, 2.75) is 19.5 Å². The molecule has 140 valence electrons. The van der Waals surface area contributed by atoms with Crippen molar-refractivity contribution in [3.63, 3.8) is 0 Å². The molecule has 1 atom stereocenters. The molecule has 0 bridgehead atoms. The topological polar surface area (TPSA) is 59.4 Å². The third-order valence-electron chi connectivity index (χ3n) is 4.95. The van der Waals surface area contributed by atoms with Gasteiger partial charge in [-0.05, 0) is 36.8 Å². The first-order valence-electron chi connectivity index (χ1n) is 9.07. The smallest absolute Gasteiger partial charge is 0.241 e. The van der Waals surface area contributed by atoms with Gasteiger partial charge in [0.1, 0.15) is 5.82 Å². The quantitative estimate of drug-likeness (QED) is 0.884. The van der Waals surface area contributed by atoms with Gasteiger partial charge in [0.15, 0.2) is 0 Å². The van der Waals surface area contributed by atoms with Gasteiger partial charge in [0.2, 0.25) is 5.91 Å². The first kappa shape index (κ1) is 19.0. The lowest BCUT2D eigenvalue weighted by molar-refractivity contribution is -0.121. The van der Waals surface area contributed by atoms with Crippen LogP contribution in [0.25, 0.3) is 0 Å². The lowest BCUT2D eigenvalue weighted by atomic mass is 10.1. The number of benzene rings is 2. The Labute approximate surface area is 159 Å². The lowest BCUT2D eigenvalue weighted by Gasteiger charge is -2.37. The first-order valence-corrected chi connectivity index (χ1v) is 9.07. The highest BCUT2D eigenvalue weighted by molar-refractivity contribution is 5.94. The molecule has 27 heavy (non-hydrogen) atoms.